The third-order valence-electron chi connectivity index (χ3n) is 2.94. The minimum absolute atomic E-state index is 0.394. The summed E-state index contributed by atoms with van der Waals surface area (Å²) >= 11 is 5.95. The molecule has 0 aliphatic heterocycles. The minimum Gasteiger partial charge on any atom is -0.399 e. The van der Waals surface area contributed by atoms with Crippen LogP contribution in [0.25, 0.3) is 11.5 Å². The number of benzene rings is 2. The maximum atomic E-state index is 5.95. The van der Waals surface area contributed by atoms with Gasteiger partial charge in [0.2, 0.25) is 0 Å². The highest BCUT2D eigenvalue weighted by atomic mass is 35.5. The quantitative estimate of drug-likeness (QED) is 0.725. The fraction of sp³-hybridized carbons (Fsp3) is 0.0667. The van der Waals surface area contributed by atoms with Crippen LogP contribution in [-0.4, -0.2) is 10.1 Å². The molecule has 0 saturated carbocycles. The molecule has 3 rings (SSSR count). The van der Waals surface area contributed by atoms with Crippen molar-refractivity contribution in [2.75, 3.05) is 11.5 Å². The van der Waals surface area contributed by atoms with Crippen molar-refractivity contribution in [2.24, 2.45) is 0 Å². The largest absolute Gasteiger partial charge is 0.399 e. The molecule has 0 saturated heterocycles. The lowest BCUT2D eigenvalue weighted by molar-refractivity contribution is 0.424. The Morgan fingerprint density at radius 3 is 2.52 bits per heavy atom. The van der Waals surface area contributed by atoms with Crippen molar-refractivity contribution in [1.82, 2.24) is 10.1 Å². The number of rotatable bonds is 3. The Hall–Kier alpha value is -2.53. The smallest absolute Gasteiger partial charge is 0.258 e. The molecule has 6 heteroatoms. The molecule has 0 unspecified atom stereocenters. The molecule has 0 spiro atoms. The molecule has 0 aliphatic carbocycles. The van der Waals surface area contributed by atoms with E-state index in [1.165, 1.54) is 0 Å². The highest BCUT2D eigenvalue weighted by Gasteiger charge is 2.10. The lowest BCUT2D eigenvalue weighted by Crippen LogP contribution is -1.92. The number of nitrogen functional groups attached to an aromatic ring is 2. The second-order valence-electron chi connectivity index (χ2n) is 4.71. The van der Waals surface area contributed by atoms with Crippen LogP contribution in [0.5, 0.6) is 0 Å². The second kappa shape index (κ2) is 5.46. The van der Waals surface area contributed by atoms with Gasteiger partial charge in [-0.1, -0.05) is 28.9 Å². The van der Waals surface area contributed by atoms with Crippen LogP contribution in [0.4, 0.5) is 11.4 Å². The van der Waals surface area contributed by atoms with Crippen LogP contribution in [-0.2, 0) is 6.42 Å². The predicted molar refractivity (Wildman–Crippen MR) is 82.8 cm³/mol. The monoisotopic (exact) mass is 300 g/mol. The summed E-state index contributed by atoms with van der Waals surface area (Å²) in [5.41, 5.74) is 14.4. The highest BCUT2D eigenvalue weighted by molar-refractivity contribution is 6.30. The first-order valence-electron chi connectivity index (χ1n) is 6.33. The number of anilines is 2. The molecular formula is C15H13ClN4O. The maximum absolute atomic E-state index is 5.95. The van der Waals surface area contributed by atoms with Crippen molar-refractivity contribution in [3.63, 3.8) is 0 Å². The van der Waals surface area contributed by atoms with Crippen LogP contribution in [0.3, 0.4) is 0 Å². The fourth-order valence-corrected chi connectivity index (χ4v) is 2.29. The first kappa shape index (κ1) is 13.5. The molecule has 0 atom stereocenters. The van der Waals surface area contributed by atoms with E-state index in [1.807, 2.05) is 24.3 Å². The van der Waals surface area contributed by atoms with Crippen molar-refractivity contribution in [3.8, 4) is 11.5 Å². The summed E-state index contributed by atoms with van der Waals surface area (Å²) in [6.07, 6.45) is 0.544. The van der Waals surface area contributed by atoms with Gasteiger partial charge in [0.15, 0.2) is 5.82 Å². The number of halogens is 1. The first-order valence-corrected chi connectivity index (χ1v) is 6.71. The fourth-order valence-electron chi connectivity index (χ4n) is 2.07. The van der Waals surface area contributed by atoms with Crippen molar-refractivity contribution >= 4 is 23.0 Å². The summed E-state index contributed by atoms with van der Waals surface area (Å²) in [5, 5.41) is 4.65. The van der Waals surface area contributed by atoms with E-state index in [0.29, 0.717) is 40.1 Å². The molecule has 0 bridgehead atoms. The van der Waals surface area contributed by atoms with Gasteiger partial charge in [0.05, 0.1) is 0 Å². The van der Waals surface area contributed by atoms with Gasteiger partial charge in [0.25, 0.3) is 5.89 Å². The highest BCUT2D eigenvalue weighted by Crippen LogP contribution is 2.24. The molecule has 1 aromatic heterocycles. The van der Waals surface area contributed by atoms with Crippen LogP contribution < -0.4 is 11.5 Å². The standard InChI is InChI=1S/C15H13ClN4O/c16-11-3-1-2-9(4-11)5-14-19-15(21-20-14)10-6-12(17)8-13(18)7-10/h1-4,6-8H,5,17-18H2. The van der Waals surface area contributed by atoms with E-state index < -0.39 is 0 Å². The lowest BCUT2D eigenvalue weighted by Gasteiger charge is -1.99. The molecule has 0 radical (unpaired) electrons. The number of hydrogen-bond donors (Lipinski definition) is 2. The van der Waals surface area contributed by atoms with Crippen molar-refractivity contribution in [1.29, 1.82) is 0 Å². The Kier molecular flexibility index (Phi) is 3.50. The lowest BCUT2D eigenvalue weighted by atomic mass is 10.1. The normalized spacial score (nSPS) is 10.7. The van der Waals surface area contributed by atoms with E-state index >= 15 is 0 Å². The molecule has 5 nitrogen and oxygen atoms in total. The van der Waals surface area contributed by atoms with E-state index in [-0.39, 0.29) is 0 Å². The van der Waals surface area contributed by atoms with Gasteiger partial charge in [-0.2, -0.15) is 4.98 Å². The Balaban J connectivity index is 1.86. The van der Waals surface area contributed by atoms with Gasteiger partial charge in [-0.25, -0.2) is 0 Å². The SMILES string of the molecule is Nc1cc(N)cc(-c2nc(Cc3cccc(Cl)c3)no2)c1. The Morgan fingerprint density at radius 2 is 1.81 bits per heavy atom. The van der Waals surface area contributed by atoms with Crippen molar-refractivity contribution < 1.29 is 4.52 Å². The molecule has 106 valence electrons. The van der Waals surface area contributed by atoms with E-state index in [1.54, 1.807) is 18.2 Å². The molecule has 0 aliphatic rings. The summed E-state index contributed by atoms with van der Waals surface area (Å²) < 4.78 is 5.26. The summed E-state index contributed by atoms with van der Waals surface area (Å²) in [6.45, 7) is 0. The van der Waals surface area contributed by atoms with Gasteiger partial charge in [-0.05, 0) is 35.9 Å². The molecule has 0 amide bonds. The molecule has 1 heterocycles. The van der Waals surface area contributed by atoms with Crippen molar-refractivity contribution in [3.05, 3.63) is 58.9 Å². The Bertz CT molecular complexity index is 765. The zero-order valence-electron chi connectivity index (χ0n) is 11.1. The van der Waals surface area contributed by atoms with Crippen LogP contribution in [0.15, 0.2) is 47.0 Å². The zero-order valence-corrected chi connectivity index (χ0v) is 11.8. The number of hydrogen-bond acceptors (Lipinski definition) is 5. The molecular weight excluding hydrogens is 288 g/mol. The molecule has 21 heavy (non-hydrogen) atoms. The van der Waals surface area contributed by atoms with Crippen molar-refractivity contribution in [2.45, 2.75) is 6.42 Å². The summed E-state index contributed by atoms with van der Waals surface area (Å²) in [7, 11) is 0. The number of nitrogens with zero attached hydrogens (tertiary/aromatic N) is 2. The van der Waals surface area contributed by atoms with Gasteiger partial charge in [0, 0.05) is 28.4 Å². The summed E-state index contributed by atoms with van der Waals surface area (Å²) in [6, 6.07) is 12.7. The Morgan fingerprint density at radius 1 is 1.05 bits per heavy atom. The topological polar surface area (TPSA) is 91.0 Å². The van der Waals surface area contributed by atoms with E-state index in [0.717, 1.165) is 5.56 Å². The van der Waals surface area contributed by atoms with Gasteiger partial charge in [-0.3, -0.25) is 0 Å². The zero-order chi connectivity index (χ0) is 14.8. The summed E-state index contributed by atoms with van der Waals surface area (Å²) in [5.74, 6) is 0.972. The maximum Gasteiger partial charge on any atom is 0.258 e. The molecule has 0 fully saturated rings. The average molecular weight is 301 g/mol. The molecule has 4 N–H and O–H groups in total. The second-order valence-corrected chi connectivity index (χ2v) is 5.15. The minimum atomic E-state index is 0.394. The predicted octanol–water partition coefficient (Wildman–Crippen LogP) is 3.15. The summed E-state index contributed by atoms with van der Waals surface area (Å²) in [4.78, 5) is 4.36. The van der Waals surface area contributed by atoms with Gasteiger partial charge in [0.1, 0.15) is 0 Å². The molecule has 3 aromatic rings. The third kappa shape index (κ3) is 3.14. The van der Waals surface area contributed by atoms with E-state index in [2.05, 4.69) is 10.1 Å². The van der Waals surface area contributed by atoms with Crippen LogP contribution >= 0.6 is 11.6 Å². The van der Waals surface area contributed by atoms with E-state index in [9.17, 15) is 0 Å². The number of aromatic nitrogens is 2. The third-order valence-corrected chi connectivity index (χ3v) is 3.18. The van der Waals surface area contributed by atoms with Gasteiger partial charge >= 0.3 is 0 Å². The number of nitrogens with two attached hydrogens (primary N) is 2. The average Bonchev–Trinajstić information content (AvgIpc) is 2.86. The van der Waals surface area contributed by atoms with Gasteiger partial charge < -0.3 is 16.0 Å². The van der Waals surface area contributed by atoms with Crippen LogP contribution in [0.1, 0.15) is 11.4 Å². The van der Waals surface area contributed by atoms with E-state index in [4.69, 9.17) is 27.6 Å². The molecule has 2 aromatic carbocycles. The Labute approximate surface area is 126 Å². The van der Waals surface area contributed by atoms with Gasteiger partial charge in [-0.15, -0.1) is 0 Å². The van der Waals surface area contributed by atoms with Crippen LogP contribution in [0, 0.1) is 0 Å². The van der Waals surface area contributed by atoms with Crippen LogP contribution in [0.2, 0.25) is 5.02 Å². The first-order chi connectivity index (χ1) is 10.1.